The van der Waals surface area contributed by atoms with Crippen LogP contribution in [0.2, 0.25) is 0 Å². The number of hydrogen-bond donors (Lipinski definition) is 1. The van der Waals surface area contributed by atoms with E-state index in [0.29, 0.717) is 5.92 Å². The van der Waals surface area contributed by atoms with E-state index in [1.807, 2.05) is 27.7 Å². The highest BCUT2D eigenvalue weighted by Gasteiger charge is 2.18. The highest BCUT2D eigenvalue weighted by molar-refractivity contribution is 5.85. The number of hydrazone groups is 1. The van der Waals surface area contributed by atoms with E-state index in [2.05, 4.69) is 10.5 Å². The lowest BCUT2D eigenvalue weighted by atomic mass is 9.86. The van der Waals surface area contributed by atoms with Crippen LogP contribution in [-0.4, -0.2) is 17.4 Å². The number of carbonyl (C=O) groups excluding carboxylic acids is 1. The van der Waals surface area contributed by atoms with Gasteiger partial charge in [-0.2, -0.15) is 5.10 Å². The van der Waals surface area contributed by atoms with Crippen molar-refractivity contribution in [2.24, 2.45) is 11.0 Å². The Morgan fingerprint density at radius 2 is 1.82 bits per heavy atom. The van der Waals surface area contributed by atoms with Gasteiger partial charge < -0.3 is 4.74 Å². The number of amides is 1. The minimum atomic E-state index is -0.479. The molecule has 1 aliphatic carbocycles. The van der Waals surface area contributed by atoms with Gasteiger partial charge in [-0.15, -0.1) is 0 Å². The molecule has 0 aromatic heterocycles. The lowest BCUT2D eigenvalue weighted by molar-refractivity contribution is 0.0529. The minimum absolute atomic E-state index is 0.474. The Bertz CT molecular complexity index is 286. The van der Waals surface area contributed by atoms with Crippen LogP contribution in [-0.2, 0) is 4.74 Å². The van der Waals surface area contributed by atoms with E-state index in [4.69, 9.17) is 4.74 Å². The Morgan fingerprint density at radius 1 is 1.24 bits per heavy atom. The standard InChI is InChI=1S/C13H24N2O2/c1-10(11-8-6-5-7-9-11)14-15-12(16)17-13(2,3)4/h11H,5-9H2,1-4H3,(H,15,16)/b14-10+. The van der Waals surface area contributed by atoms with Gasteiger partial charge in [-0.05, 0) is 46.5 Å². The lowest BCUT2D eigenvalue weighted by Gasteiger charge is -2.22. The highest BCUT2D eigenvalue weighted by atomic mass is 16.6. The van der Waals surface area contributed by atoms with Gasteiger partial charge in [0, 0.05) is 5.71 Å². The molecule has 1 rings (SSSR count). The Balaban J connectivity index is 2.38. The summed E-state index contributed by atoms with van der Waals surface area (Å²) in [6, 6.07) is 0. The van der Waals surface area contributed by atoms with E-state index in [-0.39, 0.29) is 0 Å². The Morgan fingerprint density at radius 3 is 2.35 bits per heavy atom. The molecular formula is C13H24N2O2. The smallest absolute Gasteiger partial charge is 0.428 e. The average Bonchev–Trinajstić information content (AvgIpc) is 2.25. The number of hydrogen-bond acceptors (Lipinski definition) is 3. The first-order chi connectivity index (χ1) is 7.88. The molecule has 0 saturated heterocycles. The lowest BCUT2D eigenvalue weighted by Crippen LogP contribution is -2.31. The van der Waals surface area contributed by atoms with Crippen molar-refractivity contribution in [3.05, 3.63) is 0 Å². The summed E-state index contributed by atoms with van der Waals surface area (Å²) in [7, 11) is 0. The molecule has 0 spiro atoms. The second-order valence-corrected chi connectivity index (χ2v) is 5.70. The van der Waals surface area contributed by atoms with Crippen molar-refractivity contribution < 1.29 is 9.53 Å². The van der Waals surface area contributed by atoms with Crippen LogP contribution in [0.3, 0.4) is 0 Å². The molecule has 1 amide bonds. The molecule has 0 radical (unpaired) electrons. The van der Waals surface area contributed by atoms with Gasteiger partial charge in [0.15, 0.2) is 0 Å². The summed E-state index contributed by atoms with van der Waals surface area (Å²) in [5.41, 5.74) is 3.00. The average molecular weight is 240 g/mol. The molecule has 0 aliphatic heterocycles. The van der Waals surface area contributed by atoms with Gasteiger partial charge in [-0.25, -0.2) is 10.2 Å². The Labute approximate surface area is 104 Å². The third kappa shape index (κ3) is 5.71. The molecule has 98 valence electrons. The molecule has 0 atom stereocenters. The maximum absolute atomic E-state index is 11.4. The molecule has 0 bridgehead atoms. The van der Waals surface area contributed by atoms with Crippen LogP contribution in [0.5, 0.6) is 0 Å². The maximum atomic E-state index is 11.4. The van der Waals surface area contributed by atoms with Crippen LogP contribution in [0, 0.1) is 5.92 Å². The van der Waals surface area contributed by atoms with Gasteiger partial charge in [-0.3, -0.25) is 0 Å². The SMILES string of the molecule is C/C(=N\NC(=O)OC(C)(C)C)C1CCCCC1. The Kier molecular flexibility index (Phi) is 4.97. The first-order valence-electron chi connectivity index (χ1n) is 6.41. The molecule has 1 aliphatic rings. The van der Waals surface area contributed by atoms with E-state index in [1.165, 1.54) is 32.1 Å². The molecule has 0 aromatic rings. The second-order valence-electron chi connectivity index (χ2n) is 5.70. The van der Waals surface area contributed by atoms with Crippen LogP contribution in [0.4, 0.5) is 4.79 Å². The van der Waals surface area contributed by atoms with Crippen molar-refractivity contribution in [2.75, 3.05) is 0 Å². The first-order valence-corrected chi connectivity index (χ1v) is 6.41. The fourth-order valence-corrected chi connectivity index (χ4v) is 2.05. The van der Waals surface area contributed by atoms with E-state index in [9.17, 15) is 4.79 Å². The van der Waals surface area contributed by atoms with Crippen LogP contribution >= 0.6 is 0 Å². The molecule has 4 heteroatoms. The van der Waals surface area contributed by atoms with Gasteiger partial charge in [0.25, 0.3) is 0 Å². The maximum Gasteiger partial charge on any atom is 0.428 e. The minimum Gasteiger partial charge on any atom is -0.443 e. The van der Waals surface area contributed by atoms with Crippen molar-refractivity contribution in [2.45, 2.75) is 65.4 Å². The summed E-state index contributed by atoms with van der Waals surface area (Å²) in [6.45, 7) is 7.49. The Hall–Kier alpha value is -1.06. The number of carbonyl (C=O) groups is 1. The highest BCUT2D eigenvalue weighted by Crippen LogP contribution is 2.24. The van der Waals surface area contributed by atoms with E-state index < -0.39 is 11.7 Å². The predicted octanol–water partition coefficient (Wildman–Crippen LogP) is 3.47. The molecule has 17 heavy (non-hydrogen) atoms. The molecule has 0 unspecified atom stereocenters. The van der Waals surface area contributed by atoms with Gasteiger partial charge in [0.05, 0.1) is 0 Å². The van der Waals surface area contributed by atoms with Crippen molar-refractivity contribution in [1.29, 1.82) is 0 Å². The summed E-state index contributed by atoms with van der Waals surface area (Å²) >= 11 is 0. The van der Waals surface area contributed by atoms with Crippen LogP contribution in [0.1, 0.15) is 59.8 Å². The van der Waals surface area contributed by atoms with E-state index in [0.717, 1.165) is 5.71 Å². The summed E-state index contributed by atoms with van der Waals surface area (Å²) in [5.74, 6) is 0.527. The summed E-state index contributed by atoms with van der Waals surface area (Å²) in [4.78, 5) is 11.4. The predicted molar refractivity (Wildman–Crippen MR) is 69.1 cm³/mol. The number of rotatable bonds is 2. The monoisotopic (exact) mass is 240 g/mol. The van der Waals surface area contributed by atoms with Gasteiger partial charge in [-0.1, -0.05) is 19.3 Å². The molecule has 0 aromatic carbocycles. The number of ether oxygens (including phenoxy) is 1. The number of nitrogens with zero attached hydrogens (tertiary/aromatic N) is 1. The van der Waals surface area contributed by atoms with Crippen molar-refractivity contribution >= 4 is 11.8 Å². The van der Waals surface area contributed by atoms with Crippen molar-refractivity contribution in [3.63, 3.8) is 0 Å². The van der Waals surface area contributed by atoms with Crippen LogP contribution in [0.15, 0.2) is 5.10 Å². The van der Waals surface area contributed by atoms with Crippen molar-refractivity contribution in [3.8, 4) is 0 Å². The van der Waals surface area contributed by atoms with Gasteiger partial charge in [0.2, 0.25) is 0 Å². The normalized spacial score (nSPS) is 18.9. The zero-order chi connectivity index (χ0) is 12.9. The third-order valence-electron chi connectivity index (χ3n) is 2.92. The topological polar surface area (TPSA) is 50.7 Å². The van der Waals surface area contributed by atoms with Gasteiger partial charge in [0.1, 0.15) is 5.60 Å². The quantitative estimate of drug-likeness (QED) is 0.593. The molecule has 4 nitrogen and oxygen atoms in total. The first kappa shape index (κ1) is 14.0. The third-order valence-corrected chi connectivity index (χ3v) is 2.92. The summed E-state index contributed by atoms with van der Waals surface area (Å²) in [5, 5.41) is 4.12. The van der Waals surface area contributed by atoms with Crippen LogP contribution < -0.4 is 5.43 Å². The zero-order valence-corrected chi connectivity index (χ0v) is 11.4. The number of nitrogens with one attached hydrogen (secondary N) is 1. The van der Waals surface area contributed by atoms with Gasteiger partial charge >= 0.3 is 6.09 Å². The van der Waals surface area contributed by atoms with E-state index in [1.54, 1.807) is 0 Å². The van der Waals surface area contributed by atoms with Crippen LogP contribution in [0.25, 0.3) is 0 Å². The zero-order valence-electron chi connectivity index (χ0n) is 11.4. The molecular weight excluding hydrogens is 216 g/mol. The fourth-order valence-electron chi connectivity index (χ4n) is 2.05. The summed E-state index contributed by atoms with van der Waals surface area (Å²) < 4.78 is 5.12. The molecule has 1 N–H and O–H groups in total. The van der Waals surface area contributed by atoms with Crippen molar-refractivity contribution in [1.82, 2.24) is 5.43 Å². The molecule has 1 saturated carbocycles. The second kappa shape index (κ2) is 6.03. The largest absolute Gasteiger partial charge is 0.443 e. The summed E-state index contributed by atoms with van der Waals surface area (Å²) in [6.07, 6.45) is 5.75. The van der Waals surface area contributed by atoms with E-state index >= 15 is 0 Å². The fraction of sp³-hybridized carbons (Fsp3) is 0.846. The molecule has 1 fully saturated rings. The molecule has 0 heterocycles.